The van der Waals surface area contributed by atoms with E-state index >= 15 is 0 Å². The van der Waals surface area contributed by atoms with Gasteiger partial charge in [0.05, 0.1) is 16.8 Å². The average molecular weight is 468 g/mol. The average Bonchev–Trinajstić information content (AvgIpc) is 2.92. The van der Waals surface area contributed by atoms with Gasteiger partial charge in [-0.2, -0.15) is 0 Å². The fourth-order valence-electron chi connectivity index (χ4n) is 3.92. The van der Waals surface area contributed by atoms with Crippen molar-refractivity contribution < 1.29 is 22.3 Å². The van der Waals surface area contributed by atoms with E-state index in [2.05, 4.69) is 10.0 Å². The molecule has 0 aromatic heterocycles. The molecule has 2 aromatic carbocycles. The van der Waals surface area contributed by atoms with Gasteiger partial charge >= 0.3 is 0 Å². The number of amides is 1. The van der Waals surface area contributed by atoms with Crippen LogP contribution < -0.4 is 14.8 Å². The molecule has 2 aliphatic rings. The summed E-state index contributed by atoms with van der Waals surface area (Å²) in [5.74, 6) is -0.670. The second kappa shape index (κ2) is 7.96. The van der Waals surface area contributed by atoms with Crippen molar-refractivity contribution in [2.45, 2.75) is 29.6 Å². The van der Waals surface area contributed by atoms with Crippen LogP contribution in [-0.4, -0.2) is 46.5 Å². The molecule has 2 aromatic rings. The van der Waals surface area contributed by atoms with Crippen LogP contribution in [0.3, 0.4) is 0 Å². The molecular formula is C21H23ClFN3O4S. The van der Waals surface area contributed by atoms with E-state index in [4.69, 9.17) is 16.3 Å². The van der Waals surface area contributed by atoms with Gasteiger partial charge < -0.3 is 15.0 Å². The number of benzene rings is 2. The van der Waals surface area contributed by atoms with E-state index in [-0.39, 0.29) is 16.6 Å². The number of rotatable bonds is 7. The molecule has 1 spiro atoms. The lowest BCUT2D eigenvalue weighted by molar-refractivity contribution is -0.123. The molecule has 1 fully saturated rings. The third-order valence-corrected chi connectivity index (χ3v) is 7.38. The van der Waals surface area contributed by atoms with Crippen molar-refractivity contribution in [3.8, 4) is 5.75 Å². The maximum atomic E-state index is 14.2. The van der Waals surface area contributed by atoms with Crippen molar-refractivity contribution in [3.05, 3.63) is 46.7 Å². The van der Waals surface area contributed by atoms with Crippen molar-refractivity contribution in [2.24, 2.45) is 0 Å². The topological polar surface area (TPSA) is 87.7 Å². The molecule has 0 saturated heterocycles. The number of ether oxygens (including phenoxy) is 1. The molecule has 1 amide bonds. The predicted octanol–water partition coefficient (Wildman–Crippen LogP) is 3.59. The summed E-state index contributed by atoms with van der Waals surface area (Å²) >= 11 is 5.74. The highest BCUT2D eigenvalue weighted by atomic mass is 35.5. The largest absolute Gasteiger partial charge is 0.490 e. The number of carbonyl (C=O) groups is 1. The van der Waals surface area contributed by atoms with E-state index in [1.165, 1.54) is 12.1 Å². The number of fused-ring (bicyclic) bond motifs is 2. The molecule has 7 nitrogen and oxygen atoms in total. The summed E-state index contributed by atoms with van der Waals surface area (Å²) in [6.45, 7) is 0.990. The third-order valence-electron chi connectivity index (χ3n) is 5.73. The van der Waals surface area contributed by atoms with Gasteiger partial charge in [-0.3, -0.25) is 9.52 Å². The minimum atomic E-state index is -4.22. The molecule has 31 heavy (non-hydrogen) atoms. The van der Waals surface area contributed by atoms with Gasteiger partial charge in [-0.1, -0.05) is 18.0 Å². The second-order valence-electron chi connectivity index (χ2n) is 8.12. The van der Waals surface area contributed by atoms with Crippen molar-refractivity contribution >= 4 is 38.9 Å². The van der Waals surface area contributed by atoms with E-state index in [0.717, 1.165) is 18.6 Å². The zero-order chi connectivity index (χ0) is 22.4. The number of anilines is 2. The Morgan fingerprint density at radius 3 is 2.61 bits per heavy atom. The molecule has 10 heteroatoms. The summed E-state index contributed by atoms with van der Waals surface area (Å²) in [5, 5.41) is 3.00. The second-order valence-corrected chi connectivity index (χ2v) is 10.2. The molecule has 0 bridgehead atoms. The molecule has 2 N–H and O–H groups in total. The summed E-state index contributed by atoms with van der Waals surface area (Å²) in [6.07, 6.45) is 2.28. The van der Waals surface area contributed by atoms with Crippen molar-refractivity contribution in [1.82, 2.24) is 4.90 Å². The number of hydrogen-bond acceptors (Lipinski definition) is 5. The maximum Gasteiger partial charge on any atom is 0.264 e. The minimum Gasteiger partial charge on any atom is -0.490 e. The first kappa shape index (κ1) is 21.9. The summed E-state index contributed by atoms with van der Waals surface area (Å²) < 4.78 is 48.2. The standard InChI is InChI=1S/C21H23ClFN3O4S/c1-26(2)8-9-30-17-12-14(11-15-19(17)24-20(27)21(15)6-3-7-21)25-31(28,29)18-5-4-13(22)10-16(18)23/h4-5,10-12,25H,3,6-9H2,1-2H3,(H,24,27). The number of halogens is 2. The van der Waals surface area contributed by atoms with Crippen LogP contribution in [0.4, 0.5) is 15.8 Å². The Morgan fingerprint density at radius 2 is 2.00 bits per heavy atom. The van der Waals surface area contributed by atoms with E-state index in [1.54, 1.807) is 6.07 Å². The summed E-state index contributed by atoms with van der Waals surface area (Å²) in [7, 11) is -0.407. The fourth-order valence-corrected chi connectivity index (χ4v) is 5.18. The van der Waals surface area contributed by atoms with Crippen LogP contribution in [0.15, 0.2) is 35.2 Å². The lowest BCUT2D eigenvalue weighted by Crippen LogP contribution is -2.40. The van der Waals surface area contributed by atoms with E-state index < -0.39 is 26.2 Å². The number of nitrogens with one attached hydrogen (secondary N) is 2. The highest BCUT2D eigenvalue weighted by Gasteiger charge is 2.52. The van der Waals surface area contributed by atoms with Gasteiger partial charge in [0.25, 0.3) is 10.0 Å². The smallest absolute Gasteiger partial charge is 0.264 e. The molecule has 4 rings (SSSR count). The zero-order valence-corrected chi connectivity index (χ0v) is 18.7. The molecule has 1 heterocycles. The van der Waals surface area contributed by atoms with Crippen molar-refractivity contribution in [1.29, 1.82) is 0 Å². The van der Waals surface area contributed by atoms with E-state index in [9.17, 15) is 17.6 Å². The highest BCUT2D eigenvalue weighted by Crippen LogP contribution is 2.54. The molecule has 0 radical (unpaired) electrons. The molecular weight excluding hydrogens is 445 g/mol. The van der Waals surface area contributed by atoms with Crippen LogP contribution in [0.1, 0.15) is 24.8 Å². The lowest BCUT2D eigenvalue weighted by atomic mass is 9.65. The summed E-state index contributed by atoms with van der Waals surface area (Å²) in [6, 6.07) is 6.51. The van der Waals surface area contributed by atoms with Crippen LogP contribution in [0.2, 0.25) is 5.02 Å². The summed E-state index contributed by atoms with van der Waals surface area (Å²) in [5.41, 5.74) is 0.822. The fraction of sp³-hybridized carbons (Fsp3) is 0.381. The predicted molar refractivity (Wildman–Crippen MR) is 117 cm³/mol. The Kier molecular flexibility index (Phi) is 5.61. The number of hydrogen-bond donors (Lipinski definition) is 2. The van der Waals surface area contributed by atoms with E-state index in [1.807, 2.05) is 19.0 Å². The number of likely N-dealkylation sites (N-methyl/N-ethyl adjacent to an activating group) is 1. The first-order chi connectivity index (χ1) is 14.6. The first-order valence-corrected chi connectivity index (χ1v) is 11.7. The molecule has 1 saturated carbocycles. The van der Waals surface area contributed by atoms with Gasteiger partial charge in [0.2, 0.25) is 5.91 Å². The molecule has 166 valence electrons. The van der Waals surface area contributed by atoms with Gasteiger partial charge in [0, 0.05) is 17.6 Å². The zero-order valence-electron chi connectivity index (χ0n) is 17.2. The number of carbonyl (C=O) groups excluding carboxylic acids is 1. The molecule has 0 unspecified atom stereocenters. The van der Waals surface area contributed by atoms with E-state index in [0.29, 0.717) is 43.0 Å². The van der Waals surface area contributed by atoms with Crippen LogP contribution in [0.5, 0.6) is 5.75 Å². The Balaban J connectivity index is 1.72. The summed E-state index contributed by atoms with van der Waals surface area (Å²) in [4.78, 5) is 14.1. The van der Waals surface area contributed by atoms with Gasteiger partial charge in [-0.25, -0.2) is 12.8 Å². The Morgan fingerprint density at radius 1 is 1.26 bits per heavy atom. The van der Waals surface area contributed by atoms with Gasteiger partial charge in [0.15, 0.2) is 0 Å². The molecule has 1 aliphatic heterocycles. The number of nitrogens with zero attached hydrogens (tertiary/aromatic N) is 1. The van der Waals surface area contributed by atoms with Gasteiger partial charge in [-0.05, 0) is 56.8 Å². The molecule has 0 atom stereocenters. The highest BCUT2D eigenvalue weighted by molar-refractivity contribution is 7.92. The molecule has 1 aliphatic carbocycles. The lowest BCUT2D eigenvalue weighted by Gasteiger charge is -2.36. The maximum absolute atomic E-state index is 14.2. The minimum absolute atomic E-state index is 0.0991. The van der Waals surface area contributed by atoms with Crippen LogP contribution in [0.25, 0.3) is 0 Å². The van der Waals surface area contributed by atoms with Crippen molar-refractivity contribution in [3.63, 3.8) is 0 Å². The van der Waals surface area contributed by atoms with Gasteiger partial charge in [-0.15, -0.1) is 0 Å². The van der Waals surface area contributed by atoms with Crippen molar-refractivity contribution in [2.75, 3.05) is 37.3 Å². The van der Waals surface area contributed by atoms with Crippen LogP contribution >= 0.6 is 11.6 Å². The SMILES string of the molecule is CN(C)CCOc1cc(NS(=O)(=O)c2ccc(Cl)cc2F)cc2c1NC(=O)C21CCC1. The Labute approximate surface area is 185 Å². The quantitative estimate of drug-likeness (QED) is 0.649. The Hall–Kier alpha value is -2.36. The number of sulfonamides is 1. The third kappa shape index (κ3) is 3.97. The monoisotopic (exact) mass is 467 g/mol. The normalized spacial score (nSPS) is 16.7. The first-order valence-electron chi connectivity index (χ1n) is 9.88. The van der Waals surface area contributed by atoms with Gasteiger partial charge in [0.1, 0.15) is 23.1 Å². The Bertz CT molecular complexity index is 1150. The van der Waals surface area contributed by atoms with Crippen LogP contribution in [-0.2, 0) is 20.2 Å². The van der Waals surface area contributed by atoms with Crippen LogP contribution in [0, 0.1) is 5.82 Å².